The van der Waals surface area contributed by atoms with E-state index in [1.165, 1.54) is 0 Å². The highest BCUT2D eigenvalue weighted by Crippen LogP contribution is 2.59. The van der Waals surface area contributed by atoms with E-state index in [9.17, 15) is 19.8 Å². The zero-order chi connectivity index (χ0) is 30.1. The second kappa shape index (κ2) is 6.56. The summed E-state index contributed by atoms with van der Waals surface area (Å²) in [6.45, 7) is 0. The molecule has 46 heavy (non-hydrogen) atoms. The summed E-state index contributed by atoms with van der Waals surface area (Å²) >= 11 is 0. The highest BCUT2D eigenvalue weighted by molar-refractivity contribution is 6.59. The molecule has 0 saturated heterocycles. The number of hydrogen-bond donors (Lipinski definition) is 2. The smallest absolute Gasteiger partial charge is 0.336 e. The first-order valence-electron chi connectivity index (χ1n) is 15.5. The number of carbonyl (C=O) groups is 2. The Morgan fingerprint density at radius 1 is 0.304 bits per heavy atom. The number of carboxylic acids is 2. The number of carboxylic acid groups (broad SMARTS) is 2. The number of rotatable bonds is 2. The molecule has 0 amide bonds. The molecule has 0 saturated carbocycles. The highest BCUT2D eigenvalue weighted by atomic mass is 16.4. The summed E-state index contributed by atoms with van der Waals surface area (Å²) in [7, 11) is 0. The van der Waals surface area contributed by atoms with Gasteiger partial charge < -0.3 is 10.2 Å². The first-order chi connectivity index (χ1) is 22.5. The molecule has 0 aromatic heterocycles. The SMILES string of the molecule is O=C(O)c1c2ccc3ccc4ccc5cc6c(C(=O)O)c7ccc8ccc9ccc%10cc1c1c%11c%10c9c8c7c%11c6c6c5c4c3c2c16. The molecule has 0 atom stereocenters. The molecule has 13 rings (SSSR count). The average molecular weight is 585 g/mol. The molecule has 0 heterocycles. The molecule has 2 N–H and O–H groups in total. The third-order valence-electron chi connectivity index (χ3n) is 11.5. The van der Waals surface area contributed by atoms with Gasteiger partial charge in [0.15, 0.2) is 0 Å². The molecule has 13 aromatic carbocycles. The van der Waals surface area contributed by atoms with E-state index in [-0.39, 0.29) is 0 Å². The van der Waals surface area contributed by atoms with Crippen molar-refractivity contribution < 1.29 is 19.8 Å². The Bertz CT molecular complexity index is 3260. The Hall–Kier alpha value is -6.26. The zero-order valence-electron chi connectivity index (χ0n) is 23.8. The molecule has 0 aliphatic carbocycles. The van der Waals surface area contributed by atoms with Crippen LogP contribution in [-0.4, -0.2) is 22.2 Å². The van der Waals surface area contributed by atoms with E-state index in [4.69, 9.17) is 0 Å². The zero-order valence-corrected chi connectivity index (χ0v) is 23.8. The second-order valence-electron chi connectivity index (χ2n) is 13.3. The van der Waals surface area contributed by atoms with Crippen molar-refractivity contribution in [1.29, 1.82) is 0 Å². The molecule has 0 spiro atoms. The van der Waals surface area contributed by atoms with Gasteiger partial charge in [-0.1, -0.05) is 72.8 Å². The van der Waals surface area contributed by atoms with Crippen molar-refractivity contribution in [1.82, 2.24) is 0 Å². The van der Waals surface area contributed by atoms with E-state index < -0.39 is 11.9 Å². The molecule has 0 radical (unpaired) electrons. The molecule has 0 aliphatic rings. The van der Waals surface area contributed by atoms with Gasteiger partial charge in [-0.05, 0) is 141 Å². The monoisotopic (exact) mass is 584 g/mol. The fourth-order valence-corrected chi connectivity index (χ4v) is 10.1. The fraction of sp³-hybridized carbons (Fsp3) is 0. The van der Waals surface area contributed by atoms with Gasteiger partial charge in [0.25, 0.3) is 0 Å². The molecule has 0 aliphatic heterocycles. The van der Waals surface area contributed by atoms with Gasteiger partial charge in [0.2, 0.25) is 0 Å². The lowest BCUT2D eigenvalue weighted by Crippen LogP contribution is -2.06. The summed E-state index contributed by atoms with van der Waals surface area (Å²) in [5.41, 5.74) is 0.653. The van der Waals surface area contributed by atoms with E-state index in [1.807, 2.05) is 12.1 Å². The van der Waals surface area contributed by atoms with Crippen LogP contribution in [0.1, 0.15) is 20.7 Å². The predicted octanol–water partition coefficient (Wildman–Crippen LogP) is 11.0. The molecule has 4 heteroatoms. The summed E-state index contributed by atoms with van der Waals surface area (Å²) < 4.78 is 0. The standard InChI is InChI=1S/C42H16O4/c43-41(44)31-21-11-9-17-3-1-15-5-7-19-13-23-32(42(45)46)22-12-10-18-4-2-16-6-8-20-14-24(31)36-38-30(20)26(16)28(18)34(22)40(38)35(23)37-29(19)25(15)27(17)33(21)39(36)37/h1-14H,(H,43,44)(H,45,46). The van der Waals surface area contributed by atoms with Crippen LogP contribution in [0.2, 0.25) is 0 Å². The molecule has 4 nitrogen and oxygen atoms in total. The lowest BCUT2D eigenvalue weighted by Gasteiger charge is -2.29. The highest BCUT2D eigenvalue weighted by Gasteiger charge is 2.33. The summed E-state index contributed by atoms with van der Waals surface area (Å²) in [6.07, 6.45) is 0. The van der Waals surface area contributed by atoms with Crippen LogP contribution in [-0.2, 0) is 0 Å². The molecule has 13 aromatic rings. The van der Waals surface area contributed by atoms with Crippen LogP contribution in [0.4, 0.5) is 0 Å². The van der Waals surface area contributed by atoms with Crippen molar-refractivity contribution in [2.75, 3.05) is 0 Å². The van der Waals surface area contributed by atoms with Gasteiger partial charge >= 0.3 is 11.9 Å². The Morgan fingerprint density at radius 3 is 0.935 bits per heavy atom. The van der Waals surface area contributed by atoms with Gasteiger partial charge in [0.1, 0.15) is 0 Å². The first kappa shape index (κ1) is 22.3. The van der Waals surface area contributed by atoms with E-state index in [0.717, 1.165) is 129 Å². The summed E-state index contributed by atoms with van der Waals surface area (Å²) in [4.78, 5) is 26.7. The first-order valence-corrected chi connectivity index (χ1v) is 15.5. The summed E-state index contributed by atoms with van der Waals surface area (Å²) in [5, 5.41) is 45.9. The van der Waals surface area contributed by atoms with Gasteiger partial charge in [-0.3, -0.25) is 0 Å². The topological polar surface area (TPSA) is 74.6 Å². The third kappa shape index (κ3) is 2.00. The Morgan fingerprint density at radius 2 is 0.565 bits per heavy atom. The number of hydrogen-bond acceptors (Lipinski definition) is 2. The second-order valence-corrected chi connectivity index (χ2v) is 13.3. The molecule has 0 unspecified atom stereocenters. The van der Waals surface area contributed by atoms with Gasteiger partial charge in [-0.25, -0.2) is 9.59 Å². The van der Waals surface area contributed by atoms with Gasteiger partial charge in [0.05, 0.1) is 11.1 Å². The molecular formula is C42H16O4. The molecule has 208 valence electrons. The van der Waals surface area contributed by atoms with Crippen LogP contribution in [0.15, 0.2) is 84.9 Å². The van der Waals surface area contributed by atoms with Crippen LogP contribution in [0.25, 0.3) is 129 Å². The van der Waals surface area contributed by atoms with Crippen molar-refractivity contribution in [2.24, 2.45) is 0 Å². The molecule has 0 bridgehead atoms. The maximum atomic E-state index is 13.4. The van der Waals surface area contributed by atoms with Gasteiger partial charge in [-0.2, -0.15) is 0 Å². The minimum Gasteiger partial charge on any atom is -0.478 e. The normalized spacial score (nSPS) is 13.6. The van der Waals surface area contributed by atoms with E-state index >= 15 is 0 Å². The molecular weight excluding hydrogens is 568 g/mol. The van der Waals surface area contributed by atoms with Crippen LogP contribution in [0.5, 0.6) is 0 Å². The van der Waals surface area contributed by atoms with E-state index in [0.29, 0.717) is 11.1 Å². The number of benzene rings is 13. The maximum absolute atomic E-state index is 13.4. The minimum absolute atomic E-state index is 0.326. The minimum atomic E-state index is -0.941. The van der Waals surface area contributed by atoms with Crippen LogP contribution >= 0.6 is 0 Å². The van der Waals surface area contributed by atoms with Crippen LogP contribution in [0.3, 0.4) is 0 Å². The lowest BCUT2D eigenvalue weighted by atomic mass is 9.73. The Labute approximate surface area is 256 Å². The summed E-state index contributed by atoms with van der Waals surface area (Å²) in [5.74, 6) is -1.88. The van der Waals surface area contributed by atoms with E-state index in [2.05, 4.69) is 72.8 Å². The average Bonchev–Trinajstić information content (AvgIpc) is 3.07. The van der Waals surface area contributed by atoms with Crippen molar-refractivity contribution in [3.8, 4) is 0 Å². The molecule has 0 fully saturated rings. The number of aromatic carboxylic acids is 2. The van der Waals surface area contributed by atoms with Crippen molar-refractivity contribution in [3.63, 3.8) is 0 Å². The quantitative estimate of drug-likeness (QED) is 0.157. The predicted molar refractivity (Wildman–Crippen MR) is 189 cm³/mol. The fourth-order valence-electron chi connectivity index (χ4n) is 10.1. The maximum Gasteiger partial charge on any atom is 0.336 e. The van der Waals surface area contributed by atoms with Crippen molar-refractivity contribution in [3.05, 3.63) is 96.1 Å². The van der Waals surface area contributed by atoms with Crippen molar-refractivity contribution >= 4 is 141 Å². The third-order valence-corrected chi connectivity index (χ3v) is 11.5. The van der Waals surface area contributed by atoms with Crippen LogP contribution in [0, 0.1) is 0 Å². The van der Waals surface area contributed by atoms with Gasteiger partial charge in [0, 0.05) is 0 Å². The van der Waals surface area contributed by atoms with Gasteiger partial charge in [-0.15, -0.1) is 0 Å². The van der Waals surface area contributed by atoms with E-state index in [1.54, 1.807) is 0 Å². The Kier molecular flexibility index (Phi) is 3.18. The summed E-state index contributed by atoms with van der Waals surface area (Å²) in [6, 6.07) is 29.3. The van der Waals surface area contributed by atoms with Crippen LogP contribution < -0.4 is 0 Å². The lowest BCUT2D eigenvalue weighted by molar-refractivity contribution is 0.0690. The van der Waals surface area contributed by atoms with Crippen molar-refractivity contribution in [2.45, 2.75) is 0 Å². The Balaban J connectivity index is 1.59. The largest absolute Gasteiger partial charge is 0.478 e.